The van der Waals surface area contributed by atoms with Crippen LogP contribution in [0.25, 0.3) is 10.9 Å². The van der Waals surface area contributed by atoms with E-state index in [1.165, 1.54) is 6.07 Å². The zero-order valence-corrected chi connectivity index (χ0v) is 27.2. The summed E-state index contributed by atoms with van der Waals surface area (Å²) in [5, 5.41) is 9.78. The lowest BCUT2D eigenvalue weighted by Gasteiger charge is -2.22. The number of halogens is 4. The largest absolute Gasteiger partial charge is 0.479 e. The second-order valence-corrected chi connectivity index (χ2v) is 12.3. The van der Waals surface area contributed by atoms with Gasteiger partial charge in [-0.1, -0.05) is 84.5 Å². The number of rotatable bonds is 11. The summed E-state index contributed by atoms with van der Waals surface area (Å²) in [6.07, 6.45) is 1.13. The number of para-hydroxylation sites is 1. The minimum absolute atomic E-state index is 0.128. The minimum Gasteiger partial charge on any atom is -0.479 e. The molecule has 3 aromatic carbocycles. The van der Waals surface area contributed by atoms with Gasteiger partial charge in [-0.25, -0.2) is 5.43 Å². The first-order valence-corrected chi connectivity index (χ1v) is 15.2. The second-order valence-electron chi connectivity index (χ2n) is 10.6. The number of amides is 2. The second kappa shape index (κ2) is 14.5. The van der Waals surface area contributed by atoms with Crippen molar-refractivity contribution in [2.24, 2.45) is 11.0 Å². The molecule has 0 saturated carbocycles. The molecule has 2 N–H and O–H groups in total. The lowest BCUT2D eigenvalue weighted by Crippen LogP contribution is -2.49. The van der Waals surface area contributed by atoms with Crippen molar-refractivity contribution in [2.45, 2.75) is 52.8 Å². The van der Waals surface area contributed by atoms with E-state index in [0.717, 1.165) is 27.7 Å². The van der Waals surface area contributed by atoms with Gasteiger partial charge in [0.2, 0.25) is 0 Å². The Morgan fingerprint density at radius 1 is 0.930 bits per heavy atom. The van der Waals surface area contributed by atoms with Crippen molar-refractivity contribution in [1.29, 1.82) is 0 Å². The molecule has 4 aromatic rings. The van der Waals surface area contributed by atoms with E-state index in [4.69, 9.17) is 51.1 Å². The molecule has 4 rings (SSSR count). The van der Waals surface area contributed by atoms with Crippen LogP contribution in [0.15, 0.2) is 65.8 Å². The van der Waals surface area contributed by atoms with E-state index in [1.807, 2.05) is 57.2 Å². The summed E-state index contributed by atoms with van der Waals surface area (Å²) < 4.78 is 7.88. The van der Waals surface area contributed by atoms with Crippen LogP contribution in [0.5, 0.6) is 5.75 Å². The van der Waals surface area contributed by atoms with Gasteiger partial charge in [-0.15, -0.1) is 0 Å². The summed E-state index contributed by atoms with van der Waals surface area (Å²) in [5.41, 5.74) is 6.45. The average molecular weight is 662 g/mol. The fourth-order valence-electron chi connectivity index (χ4n) is 4.69. The Morgan fingerprint density at radius 3 is 2.37 bits per heavy atom. The van der Waals surface area contributed by atoms with Gasteiger partial charge in [0.25, 0.3) is 11.8 Å². The topological polar surface area (TPSA) is 84.7 Å². The van der Waals surface area contributed by atoms with Crippen molar-refractivity contribution < 1.29 is 14.3 Å². The van der Waals surface area contributed by atoms with Crippen LogP contribution in [0.2, 0.25) is 20.1 Å². The number of ether oxygens (including phenoxy) is 1. The van der Waals surface area contributed by atoms with Gasteiger partial charge in [0.1, 0.15) is 11.8 Å². The molecule has 7 nitrogen and oxygen atoms in total. The van der Waals surface area contributed by atoms with Crippen LogP contribution in [0.3, 0.4) is 0 Å². The number of carbonyl (C=O) groups excluding carboxylic acids is 2. The standard InChI is InChI=1S/C32H32Cl4N4O3/c1-18(2)13-28(38-31(41)20(4)43-30-12-10-22(33)15-27(30)36)32(42)39-37-16-24-19(3)40(29-8-6-5-7-23(24)29)17-21-9-11-25(34)26(35)14-21/h5-12,14-16,18,20,28H,13,17H2,1-4H3,(H,38,41)(H,39,42)/b37-16-/t20-,28+/m0/s1. The first-order valence-electron chi connectivity index (χ1n) is 13.7. The highest BCUT2D eigenvalue weighted by Gasteiger charge is 2.26. The molecule has 2 amide bonds. The van der Waals surface area contributed by atoms with Crippen molar-refractivity contribution in [2.75, 3.05) is 0 Å². The van der Waals surface area contributed by atoms with Gasteiger partial charge in [-0.2, -0.15) is 5.10 Å². The summed E-state index contributed by atoms with van der Waals surface area (Å²) >= 11 is 24.5. The van der Waals surface area contributed by atoms with Crippen LogP contribution < -0.4 is 15.5 Å². The Hall–Kier alpha value is -3.23. The maximum atomic E-state index is 13.2. The lowest BCUT2D eigenvalue weighted by atomic mass is 10.0. The highest BCUT2D eigenvalue weighted by molar-refractivity contribution is 6.42. The highest BCUT2D eigenvalue weighted by atomic mass is 35.5. The molecule has 0 bridgehead atoms. The van der Waals surface area contributed by atoms with Gasteiger partial charge in [-0.05, 0) is 68.1 Å². The molecule has 1 aromatic heterocycles. The summed E-state index contributed by atoms with van der Waals surface area (Å²) in [4.78, 5) is 26.1. The number of fused-ring (bicyclic) bond motifs is 1. The van der Waals surface area contributed by atoms with E-state index >= 15 is 0 Å². The Labute approximate surface area is 271 Å². The zero-order chi connectivity index (χ0) is 31.3. The summed E-state index contributed by atoms with van der Waals surface area (Å²) in [6.45, 7) is 8.09. The number of benzene rings is 3. The average Bonchev–Trinajstić information content (AvgIpc) is 3.21. The number of nitrogens with one attached hydrogen (secondary N) is 2. The fraction of sp³-hybridized carbons (Fsp3) is 0.281. The quantitative estimate of drug-likeness (QED) is 0.126. The van der Waals surface area contributed by atoms with Crippen molar-refractivity contribution in [3.05, 3.63) is 97.6 Å². The molecule has 43 heavy (non-hydrogen) atoms. The monoisotopic (exact) mass is 660 g/mol. The van der Waals surface area contributed by atoms with E-state index in [9.17, 15) is 9.59 Å². The molecule has 0 aliphatic rings. The Balaban J connectivity index is 1.48. The first kappa shape index (κ1) is 32.7. The maximum absolute atomic E-state index is 13.2. The van der Waals surface area contributed by atoms with E-state index in [-0.39, 0.29) is 10.9 Å². The van der Waals surface area contributed by atoms with Crippen molar-refractivity contribution in [3.8, 4) is 5.75 Å². The van der Waals surface area contributed by atoms with E-state index in [0.29, 0.717) is 33.8 Å². The third-order valence-corrected chi connectivity index (χ3v) is 8.15. The number of carbonyl (C=O) groups is 2. The predicted molar refractivity (Wildman–Crippen MR) is 176 cm³/mol. The van der Waals surface area contributed by atoms with Gasteiger partial charge < -0.3 is 14.6 Å². The predicted octanol–water partition coefficient (Wildman–Crippen LogP) is 8.06. The fourth-order valence-corrected chi connectivity index (χ4v) is 5.46. The Morgan fingerprint density at radius 2 is 1.67 bits per heavy atom. The van der Waals surface area contributed by atoms with Crippen molar-refractivity contribution in [3.63, 3.8) is 0 Å². The van der Waals surface area contributed by atoms with Crippen LogP contribution in [0, 0.1) is 12.8 Å². The van der Waals surface area contributed by atoms with E-state index < -0.39 is 24.0 Å². The zero-order valence-electron chi connectivity index (χ0n) is 24.1. The molecular formula is C32H32Cl4N4O3. The number of nitrogens with zero attached hydrogens (tertiary/aromatic N) is 2. The van der Waals surface area contributed by atoms with Crippen molar-refractivity contribution in [1.82, 2.24) is 15.3 Å². The molecule has 0 spiro atoms. The van der Waals surface area contributed by atoms with Gasteiger partial charge in [0.05, 0.1) is 21.3 Å². The van der Waals surface area contributed by atoms with Crippen LogP contribution in [-0.4, -0.2) is 34.7 Å². The van der Waals surface area contributed by atoms with Gasteiger partial charge in [0.15, 0.2) is 6.10 Å². The Bertz CT molecular complexity index is 1670. The molecule has 0 unspecified atom stereocenters. The molecule has 0 fully saturated rings. The molecular weight excluding hydrogens is 630 g/mol. The lowest BCUT2D eigenvalue weighted by molar-refractivity contribution is -0.132. The molecule has 0 saturated heterocycles. The molecule has 0 aliphatic heterocycles. The van der Waals surface area contributed by atoms with Gasteiger partial charge in [-0.3, -0.25) is 9.59 Å². The maximum Gasteiger partial charge on any atom is 0.262 e. The summed E-state index contributed by atoms with van der Waals surface area (Å²) in [5.74, 6) is -0.454. The van der Waals surface area contributed by atoms with Crippen LogP contribution in [0.4, 0.5) is 0 Å². The molecule has 0 aliphatic carbocycles. The third kappa shape index (κ3) is 8.24. The molecule has 226 valence electrons. The van der Waals surface area contributed by atoms with Gasteiger partial charge in [0, 0.05) is 33.7 Å². The summed E-state index contributed by atoms with van der Waals surface area (Å²) in [6, 6.07) is 17.5. The van der Waals surface area contributed by atoms with Crippen molar-refractivity contribution >= 4 is 75.3 Å². The first-order chi connectivity index (χ1) is 20.4. The van der Waals surface area contributed by atoms with Crippen LogP contribution in [-0.2, 0) is 16.1 Å². The minimum atomic E-state index is -0.908. The molecule has 1 heterocycles. The van der Waals surface area contributed by atoms with Crippen LogP contribution in [0.1, 0.15) is 44.0 Å². The van der Waals surface area contributed by atoms with Crippen LogP contribution >= 0.6 is 46.4 Å². The number of hydrogen-bond donors (Lipinski definition) is 2. The SMILES string of the molecule is Cc1c(/C=N\NC(=O)[C@@H](CC(C)C)NC(=O)[C@H](C)Oc2ccc(Cl)cc2Cl)c2ccccc2n1Cc1ccc(Cl)c(Cl)c1. The van der Waals surface area contributed by atoms with E-state index in [2.05, 4.69) is 20.4 Å². The number of hydrogen-bond acceptors (Lipinski definition) is 4. The normalized spacial score (nSPS) is 13.0. The highest BCUT2D eigenvalue weighted by Crippen LogP contribution is 2.29. The number of hydrazone groups is 1. The smallest absolute Gasteiger partial charge is 0.262 e. The molecule has 2 atom stereocenters. The van der Waals surface area contributed by atoms with E-state index in [1.54, 1.807) is 31.3 Å². The Kier molecular flexibility index (Phi) is 11.0. The third-order valence-electron chi connectivity index (χ3n) is 6.88. The van der Waals surface area contributed by atoms with Gasteiger partial charge >= 0.3 is 0 Å². The molecule has 0 radical (unpaired) electrons. The molecule has 11 heteroatoms. The summed E-state index contributed by atoms with van der Waals surface area (Å²) in [7, 11) is 0. The number of aromatic nitrogens is 1.